The molecule has 166 valence electrons. The maximum atomic E-state index is 13.0. The molecule has 0 spiro atoms. The lowest BCUT2D eigenvalue weighted by Crippen LogP contribution is -2.45. The third-order valence-corrected chi connectivity index (χ3v) is 5.56. The molecule has 2 N–H and O–H groups in total. The number of benzene rings is 1. The van der Waals surface area contributed by atoms with Crippen molar-refractivity contribution in [3.05, 3.63) is 71.6 Å². The van der Waals surface area contributed by atoms with E-state index in [2.05, 4.69) is 19.9 Å². The fraction of sp³-hybridized carbons (Fsp3) is 0.286. The highest BCUT2D eigenvalue weighted by molar-refractivity contribution is 5.86. The molecule has 1 aromatic carbocycles. The molecule has 0 unspecified atom stereocenters. The number of halogens is 3. The van der Waals surface area contributed by atoms with Crippen LogP contribution in [-0.4, -0.2) is 49.2 Å². The van der Waals surface area contributed by atoms with Crippen molar-refractivity contribution in [2.75, 3.05) is 18.0 Å². The van der Waals surface area contributed by atoms with Crippen LogP contribution in [0, 0.1) is 0 Å². The Labute approximate surface area is 180 Å². The van der Waals surface area contributed by atoms with Crippen LogP contribution in [0.2, 0.25) is 0 Å². The maximum absolute atomic E-state index is 13.0. The predicted molar refractivity (Wildman–Crippen MR) is 106 cm³/mol. The first-order chi connectivity index (χ1) is 15.2. The molecule has 8 nitrogen and oxygen atoms in total. The van der Waals surface area contributed by atoms with E-state index in [1.807, 2.05) is 6.07 Å². The molecule has 4 rings (SSSR count). The van der Waals surface area contributed by atoms with Gasteiger partial charge >= 0.3 is 12.1 Å². The van der Waals surface area contributed by atoms with Gasteiger partial charge in [-0.15, -0.1) is 0 Å². The summed E-state index contributed by atoms with van der Waals surface area (Å²) in [5, 5.41) is 19.1. The summed E-state index contributed by atoms with van der Waals surface area (Å²) in [6, 6.07) is 7.43. The van der Waals surface area contributed by atoms with Crippen LogP contribution in [0.15, 0.2) is 48.9 Å². The average molecular weight is 445 g/mol. The number of aromatic nitrogens is 4. The number of nitrogens with zero attached hydrogens (tertiary/aromatic N) is 5. The minimum absolute atomic E-state index is 0.0218. The zero-order valence-corrected chi connectivity index (χ0v) is 16.6. The highest BCUT2D eigenvalue weighted by atomic mass is 19.4. The molecule has 1 aliphatic heterocycles. The van der Waals surface area contributed by atoms with E-state index in [1.54, 1.807) is 17.0 Å². The number of rotatable bonds is 4. The van der Waals surface area contributed by atoms with E-state index in [0.717, 1.165) is 17.8 Å². The lowest BCUT2D eigenvalue weighted by atomic mass is 9.72. The topological polar surface area (TPSA) is 112 Å². The molecule has 2 aromatic heterocycles. The van der Waals surface area contributed by atoms with Gasteiger partial charge in [0.15, 0.2) is 0 Å². The summed E-state index contributed by atoms with van der Waals surface area (Å²) in [6.07, 6.45) is -0.269. The predicted octanol–water partition coefficient (Wildman–Crippen LogP) is 3.28. The minimum atomic E-state index is -4.57. The van der Waals surface area contributed by atoms with Gasteiger partial charge in [-0.25, -0.2) is 24.7 Å². The van der Waals surface area contributed by atoms with Gasteiger partial charge < -0.3 is 15.1 Å². The van der Waals surface area contributed by atoms with Crippen molar-refractivity contribution in [3.8, 4) is 5.75 Å². The molecule has 0 saturated carbocycles. The Morgan fingerprint density at radius 3 is 2.34 bits per heavy atom. The summed E-state index contributed by atoms with van der Waals surface area (Å²) in [5.74, 6) is -0.753. The molecular formula is C21H18F3N5O3. The zero-order valence-electron chi connectivity index (χ0n) is 16.6. The maximum Gasteiger partial charge on any atom is 0.433 e. The molecule has 0 amide bonds. The standard InChI is InChI=1S/C21H18F3N5O3/c22-21(23,24)16-4-7-25-19(28-16)29-8-5-20(6-9-29,14-2-1-3-15(30)10-14)18-26-11-13(12-27-18)17(31)32/h1-4,7,10-12,30H,5-6,8-9H2,(H,31,32). The Bertz CT molecular complexity index is 1130. The molecule has 0 aliphatic carbocycles. The van der Waals surface area contributed by atoms with Crippen LogP contribution in [-0.2, 0) is 11.6 Å². The number of aromatic carboxylic acids is 1. The fourth-order valence-corrected chi connectivity index (χ4v) is 3.88. The van der Waals surface area contributed by atoms with Crippen LogP contribution in [0.3, 0.4) is 0 Å². The van der Waals surface area contributed by atoms with Crippen LogP contribution < -0.4 is 4.90 Å². The van der Waals surface area contributed by atoms with Crippen molar-refractivity contribution in [2.45, 2.75) is 24.4 Å². The first-order valence-corrected chi connectivity index (χ1v) is 9.69. The normalized spacial score (nSPS) is 16.0. The molecule has 0 radical (unpaired) electrons. The van der Waals surface area contributed by atoms with Gasteiger partial charge in [-0.1, -0.05) is 12.1 Å². The summed E-state index contributed by atoms with van der Waals surface area (Å²) >= 11 is 0. The van der Waals surface area contributed by atoms with Crippen molar-refractivity contribution in [1.29, 1.82) is 0 Å². The lowest BCUT2D eigenvalue weighted by Gasteiger charge is -2.41. The van der Waals surface area contributed by atoms with E-state index in [0.29, 0.717) is 31.8 Å². The zero-order chi connectivity index (χ0) is 22.9. The third-order valence-electron chi connectivity index (χ3n) is 5.56. The number of phenols is 1. The van der Waals surface area contributed by atoms with E-state index < -0.39 is 23.3 Å². The highest BCUT2D eigenvalue weighted by Gasteiger charge is 2.42. The first kappa shape index (κ1) is 21.5. The van der Waals surface area contributed by atoms with Gasteiger partial charge in [-0.3, -0.25) is 0 Å². The van der Waals surface area contributed by atoms with Crippen molar-refractivity contribution in [1.82, 2.24) is 19.9 Å². The molecule has 0 bridgehead atoms. The van der Waals surface area contributed by atoms with E-state index in [4.69, 9.17) is 5.11 Å². The van der Waals surface area contributed by atoms with Gasteiger partial charge in [0.25, 0.3) is 0 Å². The molecule has 32 heavy (non-hydrogen) atoms. The van der Waals surface area contributed by atoms with Gasteiger partial charge in [0.1, 0.15) is 17.3 Å². The molecule has 1 fully saturated rings. The Hall–Kier alpha value is -3.76. The SMILES string of the molecule is O=C(O)c1cnc(C2(c3cccc(O)c3)CCN(c3nccc(C(F)(F)F)n3)CC2)nc1. The summed E-state index contributed by atoms with van der Waals surface area (Å²) < 4.78 is 39.1. The van der Waals surface area contributed by atoms with Gasteiger partial charge in [0, 0.05) is 31.7 Å². The molecular weight excluding hydrogens is 427 g/mol. The second-order valence-corrected chi connectivity index (χ2v) is 7.46. The van der Waals surface area contributed by atoms with E-state index in [-0.39, 0.29) is 17.3 Å². The molecule has 0 atom stereocenters. The Morgan fingerprint density at radius 1 is 1.06 bits per heavy atom. The van der Waals surface area contributed by atoms with Crippen LogP contribution in [0.25, 0.3) is 0 Å². The van der Waals surface area contributed by atoms with Gasteiger partial charge in [0.2, 0.25) is 5.95 Å². The van der Waals surface area contributed by atoms with Crippen LogP contribution in [0.5, 0.6) is 5.75 Å². The quantitative estimate of drug-likeness (QED) is 0.629. The van der Waals surface area contributed by atoms with Crippen molar-refractivity contribution < 1.29 is 28.2 Å². The number of hydrogen-bond donors (Lipinski definition) is 2. The second kappa shape index (κ2) is 8.06. The van der Waals surface area contributed by atoms with E-state index >= 15 is 0 Å². The summed E-state index contributed by atoms with van der Waals surface area (Å²) in [4.78, 5) is 29.0. The van der Waals surface area contributed by atoms with Crippen molar-refractivity contribution in [3.63, 3.8) is 0 Å². The number of piperidine rings is 1. The summed E-state index contributed by atoms with van der Waals surface area (Å²) in [6.45, 7) is 0.613. The summed E-state index contributed by atoms with van der Waals surface area (Å²) in [5.41, 5.74) is -1.12. The van der Waals surface area contributed by atoms with E-state index in [9.17, 15) is 23.1 Å². The first-order valence-electron chi connectivity index (χ1n) is 9.69. The third kappa shape index (κ3) is 4.05. The lowest BCUT2D eigenvalue weighted by molar-refractivity contribution is -0.141. The number of carbonyl (C=O) groups is 1. The Kier molecular flexibility index (Phi) is 5.41. The number of carboxylic acid groups (broad SMARTS) is 1. The number of carboxylic acids is 1. The van der Waals surface area contributed by atoms with Crippen LogP contribution in [0.4, 0.5) is 19.1 Å². The fourth-order valence-electron chi connectivity index (χ4n) is 3.88. The monoisotopic (exact) mass is 445 g/mol. The van der Waals surface area contributed by atoms with Crippen LogP contribution in [0.1, 0.15) is 40.3 Å². The van der Waals surface area contributed by atoms with Gasteiger partial charge in [0.05, 0.1) is 11.0 Å². The molecule has 1 aliphatic rings. The number of hydrogen-bond acceptors (Lipinski definition) is 7. The minimum Gasteiger partial charge on any atom is -0.508 e. The number of alkyl halides is 3. The molecule has 11 heteroatoms. The van der Waals surface area contributed by atoms with Crippen molar-refractivity contribution in [2.24, 2.45) is 0 Å². The molecule has 1 saturated heterocycles. The summed E-state index contributed by atoms with van der Waals surface area (Å²) in [7, 11) is 0. The number of anilines is 1. The highest BCUT2D eigenvalue weighted by Crippen LogP contribution is 2.41. The van der Waals surface area contributed by atoms with Gasteiger partial charge in [-0.05, 0) is 36.6 Å². The average Bonchev–Trinajstić information content (AvgIpc) is 2.79. The largest absolute Gasteiger partial charge is 0.508 e. The number of aromatic hydroxyl groups is 1. The van der Waals surface area contributed by atoms with E-state index in [1.165, 1.54) is 18.5 Å². The second-order valence-electron chi connectivity index (χ2n) is 7.46. The number of phenolic OH excluding ortho intramolecular Hbond substituents is 1. The Morgan fingerprint density at radius 2 is 1.75 bits per heavy atom. The Balaban J connectivity index is 1.67. The van der Waals surface area contributed by atoms with Gasteiger partial charge in [-0.2, -0.15) is 13.2 Å². The smallest absolute Gasteiger partial charge is 0.433 e. The van der Waals surface area contributed by atoms with Crippen LogP contribution >= 0.6 is 0 Å². The van der Waals surface area contributed by atoms with Crippen molar-refractivity contribution >= 4 is 11.9 Å². The molecule has 3 aromatic rings. The molecule has 3 heterocycles.